The van der Waals surface area contributed by atoms with Gasteiger partial charge in [-0.1, -0.05) is 52.4 Å². The molecule has 0 amide bonds. The summed E-state index contributed by atoms with van der Waals surface area (Å²) in [6, 6.07) is 8.49. The molecule has 1 atom stereocenters. The zero-order valence-corrected chi connectivity index (χ0v) is 12.1. The van der Waals surface area contributed by atoms with Crippen LogP contribution in [-0.4, -0.2) is 24.2 Å². The molecule has 0 fully saturated rings. The Balaban J connectivity index is 2.47. The molecule has 0 bridgehead atoms. The van der Waals surface area contributed by atoms with E-state index in [1.165, 1.54) is 11.1 Å². The second-order valence-electron chi connectivity index (χ2n) is 3.62. The predicted molar refractivity (Wildman–Crippen MR) is 75.3 cm³/mol. The maximum atomic E-state index is 5.80. The van der Waals surface area contributed by atoms with Gasteiger partial charge in [-0.3, -0.25) is 0 Å². The zero-order chi connectivity index (χ0) is 11.8. The van der Waals surface area contributed by atoms with E-state index in [9.17, 15) is 0 Å². The van der Waals surface area contributed by atoms with E-state index in [1.54, 1.807) is 0 Å². The van der Waals surface area contributed by atoms with Gasteiger partial charge in [0.1, 0.15) is 0 Å². The summed E-state index contributed by atoms with van der Waals surface area (Å²) in [6.07, 6.45) is 0.181. The Morgan fingerprint density at radius 2 is 2.12 bits per heavy atom. The number of rotatable bonds is 7. The number of aryl methyl sites for hydroxylation is 1. The van der Waals surface area contributed by atoms with E-state index in [4.69, 9.17) is 9.47 Å². The smallest absolute Gasteiger partial charge is 0.0915 e. The van der Waals surface area contributed by atoms with E-state index in [0.29, 0.717) is 13.2 Å². The standard InChI is InChI=1S/C13H19IO2/c1-3-15-7-8-16-13(10-14)12-6-4-5-11(2)9-12/h4-6,9,13H,3,7-8,10H2,1-2H3. The van der Waals surface area contributed by atoms with Crippen LogP contribution in [0.2, 0.25) is 0 Å². The quantitative estimate of drug-likeness (QED) is 0.432. The number of ether oxygens (including phenoxy) is 2. The van der Waals surface area contributed by atoms with Crippen LogP contribution in [0.4, 0.5) is 0 Å². The molecule has 0 heterocycles. The SMILES string of the molecule is CCOCCOC(CI)c1cccc(C)c1. The highest BCUT2D eigenvalue weighted by Crippen LogP contribution is 2.20. The van der Waals surface area contributed by atoms with Gasteiger partial charge in [-0.05, 0) is 19.4 Å². The molecule has 0 aliphatic heterocycles. The van der Waals surface area contributed by atoms with Gasteiger partial charge in [-0.2, -0.15) is 0 Å². The number of alkyl halides is 1. The van der Waals surface area contributed by atoms with Gasteiger partial charge in [-0.15, -0.1) is 0 Å². The van der Waals surface area contributed by atoms with Crippen molar-refractivity contribution in [3.63, 3.8) is 0 Å². The van der Waals surface area contributed by atoms with Crippen LogP contribution >= 0.6 is 22.6 Å². The third-order valence-electron chi connectivity index (χ3n) is 2.30. The van der Waals surface area contributed by atoms with Crippen molar-refractivity contribution in [3.8, 4) is 0 Å². The fraction of sp³-hybridized carbons (Fsp3) is 0.538. The van der Waals surface area contributed by atoms with Crippen LogP contribution in [-0.2, 0) is 9.47 Å². The Kier molecular flexibility index (Phi) is 7.00. The molecular weight excluding hydrogens is 315 g/mol. The van der Waals surface area contributed by atoms with Gasteiger partial charge in [0.05, 0.1) is 19.3 Å². The molecule has 0 aromatic heterocycles. The van der Waals surface area contributed by atoms with E-state index in [2.05, 4.69) is 53.8 Å². The molecular formula is C13H19IO2. The maximum absolute atomic E-state index is 5.80. The Morgan fingerprint density at radius 1 is 1.31 bits per heavy atom. The van der Waals surface area contributed by atoms with Crippen molar-refractivity contribution < 1.29 is 9.47 Å². The lowest BCUT2D eigenvalue weighted by Gasteiger charge is -2.16. The summed E-state index contributed by atoms with van der Waals surface area (Å²) < 4.78 is 12.0. The van der Waals surface area contributed by atoms with Crippen LogP contribution in [0.5, 0.6) is 0 Å². The summed E-state index contributed by atoms with van der Waals surface area (Å²) in [5.41, 5.74) is 2.53. The first kappa shape index (κ1) is 13.9. The van der Waals surface area contributed by atoms with Crippen molar-refractivity contribution in [1.82, 2.24) is 0 Å². The minimum Gasteiger partial charge on any atom is -0.379 e. The highest BCUT2D eigenvalue weighted by atomic mass is 127. The largest absolute Gasteiger partial charge is 0.379 e. The van der Waals surface area contributed by atoms with Crippen LogP contribution in [0, 0.1) is 6.92 Å². The molecule has 0 N–H and O–H groups in total. The first-order valence-electron chi connectivity index (χ1n) is 5.59. The average Bonchev–Trinajstić information content (AvgIpc) is 2.29. The zero-order valence-electron chi connectivity index (χ0n) is 9.91. The molecule has 0 spiro atoms. The van der Waals surface area contributed by atoms with Gasteiger partial charge in [0.15, 0.2) is 0 Å². The summed E-state index contributed by atoms with van der Waals surface area (Å²) >= 11 is 2.36. The lowest BCUT2D eigenvalue weighted by atomic mass is 10.1. The van der Waals surface area contributed by atoms with Gasteiger partial charge >= 0.3 is 0 Å². The van der Waals surface area contributed by atoms with Crippen LogP contribution in [0.15, 0.2) is 24.3 Å². The maximum Gasteiger partial charge on any atom is 0.0915 e. The molecule has 0 saturated heterocycles. The topological polar surface area (TPSA) is 18.5 Å². The van der Waals surface area contributed by atoms with Crippen LogP contribution in [0.1, 0.15) is 24.2 Å². The molecule has 0 aliphatic carbocycles. The molecule has 3 heteroatoms. The van der Waals surface area contributed by atoms with Crippen molar-refractivity contribution >= 4 is 22.6 Å². The lowest BCUT2D eigenvalue weighted by molar-refractivity contribution is 0.0178. The normalized spacial score (nSPS) is 12.7. The van der Waals surface area contributed by atoms with Crippen molar-refractivity contribution in [3.05, 3.63) is 35.4 Å². The van der Waals surface area contributed by atoms with Gasteiger partial charge < -0.3 is 9.47 Å². The van der Waals surface area contributed by atoms with Gasteiger partial charge in [0, 0.05) is 11.0 Å². The molecule has 90 valence electrons. The Morgan fingerprint density at radius 3 is 2.75 bits per heavy atom. The first-order chi connectivity index (χ1) is 7.77. The Labute approximate surface area is 111 Å². The van der Waals surface area contributed by atoms with Crippen molar-refractivity contribution in [2.24, 2.45) is 0 Å². The van der Waals surface area contributed by atoms with Crippen molar-refractivity contribution in [2.45, 2.75) is 20.0 Å². The van der Waals surface area contributed by atoms with Crippen molar-refractivity contribution in [1.29, 1.82) is 0 Å². The second-order valence-corrected chi connectivity index (χ2v) is 4.51. The molecule has 16 heavy (non-hydrogen) atoms. The molecule has 2 nitrogen and oxygen atoms in total. The van der Waals surface area contributed by atoms with Crippen LogP contribution < -0.4 is 0 Å². The van der Waals surface area contributed by atoms with E-state index in [1.807, 2.05) is 6.92 Å². The second kappa shape index (κ2) is 8.03. The molecule has 1 aromatic carbocycles. The van der Waals surface area contributed by atoms with E-state index in [-0.39, 0.29) is 6.10 Å². The summed E-state index contributed by atoms with van der Waals surface area (Å²) in [4.78, 5) is 0. The van der Waals surface area contributed by atoms with E-state index < -0.39 is 0 Å². The minimum absolute atomic E-state index is 0.181. The van der Waals surface area contributed by atoms with Gasteiger partial charge in [0.2, 0.25) is 0 Å². The fourth-order valence-electron chi connectivity index (χ4n) is 1.49. The molecule has 0 saturated carbocycles. The first-order valence-corrected chi connectivity index (χ1v) is 7.12. The molecule has 1 unspecified atom stereocenters. The van der Waals surface area contributed by atoms with E-state index in [0.717, 1.165) is 11.0 Å². The van der Waals surface area contributed by atoms with Crippen LogP contribution in [0.3, 0.4) is 0 Å². The van der Waals surface area contributed by atoms with Crippen molar-refractivity contribution in [2.75, 3.05) is 24.2 Å². The summed E-state index contributed by atoms with van der Waals surface area (Å²) in [6.45, 7) is 6.19. The number of benzene rings is 1. The molecule has 1 aromatic rings. The summed E-state index contributed by atoms with van der Waals surface area (Å²) in [5, 5.41) is 0. The average molecular weight is 334 g/mol. The monoisotopic (exact) mass is 334 g/mol. The number of hydrogen-bond donors (Lipinski definition) is 0. The Bertz CT molecular complexity index is 302. The van der Waals surface area contributed by atoms with E-state index >= 15 is 0 Å². The predicted octanol–water partition coefficient (Wildman–Crippen LogP) is 3.52. The minimum atomic E-state index is 0.181. The molecule has 0 radical (unpaired) electrons. The third kappa shape index (κ3) is 4.80. The summed E-state index contributed by atoms with van der Waals surface area (Å²) in [7, 11) is 0. The molecule has 1 rings (SSSR count). The number of hydrogen-bond acceptors (Lipinski definition) is 2. The molecule has 0 aliphatic rings. The summed E-state index contributed by atoms with van der Waals surface area (Å²) in [5.74, 6) is 0. The van der Waals surface area contributed by atoms with Gasteiger partial charge in [0.25, 0.3) is 0 Å². The number of halogens is 1. The van der Waals surface area contributed by atoms with Gasteiger partial charge in [-0.25, -0.2) is 0 Å². The highest BCUT2D eigenvalue weighted by Gasteiger charge is 2.09. The fourth-order valence-corrected chi connectivity index (χ4v) is 2.26. The lowest BCUT2D eigenvalue weighted by Crippen LogP contribution is -2.11. The highest BCUT2D eigenvalue weighted by molar-refractivity contribution is 14.1. The van der Waals surface area contributed by atoms with Crippen LogP contribution in [0.25, 0.3) is 0 Å². The Hall–Kier alpha value is -0.130. The third-order valence-corrected chi connectivity index (χ3v) is 3.10.